The standard InChI is InChI=1S/C20H31NO4/c1-5-8-9-10-11-17(22)16-12-13-18(19(14-16)24-4)25-15-20(23)21(6-2)7-3/h12-14H,5-11,15H2,1-4H3. The Morgan fingerprint density at radius 1 is 1.00 bits per heavy atom. The molecule has 0 saturated carbocycles. The van der Waals surface area contributed by atoms with Gasteiger partial charge in [0.05, 0.1) is 7.11 Å². The molecule has 0 aromatic heterocycles. The summed E-state index contributed by atoms with van der Waals surface area (Å²) in [6.07, 6.45) is 4.84. The van der Waals surface area contributed by atoms with Gasteiger partial charge in [-0.3, -0.25) is 9.59 Å². The van der Waals surface area contributed by atoms with Crippen molar-refractivity contribution in [1.29, 1.82) is 0 Å². The van der Waals surface area contributed by atoms with Crippen LogP contribution in [0.1, 0.15) is 63.2 Å². The molecule has 0 aliphatic heterocycles. The number of amides is 1. The minimum Gasteiger partial charge on any atom is -0.493 e. The number of carbonyl (C=O) groups excluding carboxylic acids is 2. The van der Waals surface area contributed by atoms with Crippen molar-refractivity contribution in [2.75, 3.05) is 26.8 Å². The largest absolute Gasteiger partial charge is 0.493 e. The Balaban J connectivity index is 2.68. The lowest BCUT2D eigenvalue weighted by molar-refractivity contribution is -0.132. The summed E-state index contributed by atoms with van der Waals surface area (Å²) in [4.78, 5) is 26.0. The van der Waals surface area contributed by atoms with E-state index >= 15 is 0 Å². The first-order valence-corrected chi connectivity index (χ1v) is 9.19. The molecule has 0 heterocycles. The highest BCUT2D eigenvalue weighted by molar-refractivity contribution is 5.96. The number of ketones is 1. The second-order valence-corrected chi connectivity index (χ2v) is 5.95. The smallest absolute Gasteiger partial charge is 0.260 e. The third-order valence-electron chi connectivity index (χ3n) is 4.21. The number of ether oxygens (including phenoxy) is 2. The summed E-state index contributed by atoms with van der Waals surface area (Å²) in [5.74, 6) is 1.00. The van der Waals surface area contributed by atoms with Gasteiger partial charge in [0.1, 0.15) is 0 Å². The van der Waals surface area contributed by atoms with Crippen LogP contribution >= 0.6 is 0 Å². The van der Waals surface area contributed by atoms with E-state index in [4.69, 9.17) is 9.47 Å². The van der Waals surface area contributed by atoms with Crippen molar-refractivity contribution >= 4 is 11.7 Å². The van der Waals surface area contributed by atoms with Crippen molar-refractivity contribution < 1.29 is 19.1 Å². The Kier molecular flexibility index (Phi) is 9.66. The molecule has 5 nitrogen and oxygen atoms in total. The Morgan fingerprint density at radius 3 is 2.32 bits per heavy atom. The highest BCUT2D eigenvalue weighted by atomic mass is 16.5. The molecule has 1 rings (SSSR count). The molecule has 1 aromatic carbocycles. The molecule has 0 N–H and O–H groups in total. The molecule has 25 heavy (non-hydrogen) atoms. The highest BCUT2D eigenvalue weighted by Crippen LogP contribution is 2.28. The van der Waals surface area contributed by atoms with E-state index in [1.807, 2.05) is 13.8 Å². The lowest BCUT2D eigenvalue weighted by Gasteiger charge is -2.19. The van der Waals surface area contributed by atoms with Crippen LogP contribution in [0, 0.1) is 0 Å². The second kappa shape index (κ2) is 11.5. The van der Waals surface area contributed by atoms with Gasteiger partial charge >= 0.3 is 0 Å². The first-order chi connectivity index (χ1) is 12.1. The summed E-state index contributed by atoms with van der Waals surface area (Å²) in [6, 6.07) is 5.13. The van der Waals surface area contributed by atoms with E-state index in [9.17, 15) is 9.59 Å². The lowest BCUT2D eigenvalue weighted by atomic mass is 10.0. The number of benzene rings is 1. The lowest BCUT2D eigenvalue weighted by Crippen LogP contribution is -2.34. The van der Waals surface area contributed by atoms with Crippen molar-refractivity contribution in [3.05, 3.63) is 23.8 Å². The Hall–Kier alpha value is -2.04. The van der Waals surface area contributed by atoms with Gasteiger partial charge in [0.2, 0.25) is 0 Å². The fraction of sp³-hybridized carbons (Fsp3) is 0.600. The summed E-state index contributed by atoms with van der Waals surface area (Å²) in [7, 11) is 1.53. The van der Waals surface area contributed by atoms with Crippen molar-refractivity contribution in [3.63, 3.8) is 0 Å². The van der Waals surface area contributed by atoms with Gasteiger partial charge in [0.25, 0.3) is 5.91 Å². The number of nitrogens with zero attached hydrogens (tertiary/aromatic N) is 1. The average molecular weight is 349 g/mol. The van der Waals surface area contributed by atoms with Crippen molar-refractivity contribution in [1.82, 2.24) is 4.90 Å². The molecular weight excluding hydrogens is 318 g/mol. The van der Waals surface area contributed by atoms with E-state index in [0.29, 0.717) is 36.6 Å². The zero-order chi connectivity index (χ0) is 18.7. The average Bonchev–Trinajstić information content (AvgIpc) is 2.64. The van der Waals surface area contributed by atoms with Gasteiger partial charge < -0.3 is 14.4 Å². The van der Waals surface area contributed by atoms with Crippen LogP contribution in [0.2, 0.25) is 0 Å². The molecule has 0 aliphatic carbocycles. The summed E-state index contributed by atoms with van der Waals surface area (Å²) in [5, 5.41) is 0. The molecule has 0 radical (unpaired) electrons. The minimum absolute atomic E-state index is 0.0393. The van der Waals surface area contributed by atoms with E-state index in [2.05, 4.69) is 6.92 Å². The van der Waals surface area contributed by atoms with E-state index in [-0.39, 0.29) is 18.3 Å². The maximum absolute atomic E-state index is 12.3. The number of hydrogen-bond acceptors (Lipinski definition) is 4. The molecule has 0 spiro atoms. The first-order valence-electron chi connectivity index (χ1n) is 9.19. The number of unbranched alkanes of at least 4 members (excludes halogenated alkanes) is 3. The quantitative estimate of drug-likeness (QED) is 0.421. The maximum atomic E-state index is 12.3. The predicted molar refractivity (Wildman–Crippen MR) is 99.5 cm³/mol. The Bertz CT molecular complexity index is 553. The van der Waals surface area contributed by atoms with E-state index < -0.39 is 0 Å². The zero-order valence-electron chi connectivity index (χ0n) is 16.0. The predicted octanol–water partition coefficient (Wildman–Crippen LogP) is 4.10. The molecule has 1 aromatic rings. The van der Waals surface area contributed by atoms with Crippen LogP contribution in [0.5, 0.6) is 11.5 Å². The molecule has 0 saturated heterocycles. The van der Waals surface area contributed by atoms with E-state index in [1.165, 1.54) is 7.11 Å². The van der Waals surface area contributed by atoms with Gasteiger partial charge in [-0.15, -0.1) is 0 Å². The van der Waals surface area contributed by atoms with Gasteiger partial charge in [0, 0.05) is 25.1 Å². The molecule has 0 fully saturated rings. The Labute approximate surface area is 151 Å². The maximum Gasteiger partial charge on any atom is 0.260 e. The second-order valence-electron chi connectivity index (χ2n) is 5.95. The van der Waals surface area contributed by atoms with Gasteiger partial charge in [-0.1, -0.05) is 26.2 Å². The molecular formula is C20H31NO4. The van der Waals surface area contributed by atoms with Crippen LogP contribution in [0.25, 0.3) is 0 Å². The number of rotatable bonds is 12. The number of hydrogen-bond donors (Lipinski definition) is 0. The normalized spacial score (nSPS) is 10.4. The summed E-state index contributed by atoms with van der Waals surface area (Å²) in [5.41, 5.74) is 0.621. The fourth-order valence-electron chi connectivity index (χ4n) is 2.62. The van der Waals surface area contributed by atoms with E-state index in [1.54, 1.807) is 23.1 Å². The zero-order valence-corrected chi connectivity index (χ0v) is 16.0. The number of methoxy groups -OCH3 is 1. The Morgan fingerprint density at radius 2 is 1.72 bits per heavy atom. The number of Topliss-reactive ketones (excluding diaryl/α,β-unsaturated/α-hetero) is 1. The molecule has 140 valence electrons. The van der Waals surface area contributed by atoms with Gasteiger partial charge in [-0.2, -0.15) is 0 Å². The van der Waals surface area contributed by atoms with Gasteiger partial charge in [-0.25, -0.2) is 0 Å². The third kappa shape index (κ3) is 6.77. The van der Waals surface area contributed by atoms with Crippen LogP contribution in [0.3, 0.4) is 0 Å². The molecule has 5 heteroatoms. The van der Waals surface area contributed by atoms with Gasteiger partial charge in [-0.05, 0) is 38.5 Å². The monoisotopic (exact) mass is 349 g/mol. The molecule has 0 aliphatic rings. The minimum atomic E-state index is -0.0665. The molecule has 0 unspecified atom stereocenters. The van der Waals surface area contributed by atoms with Crippen molar-refractivity contribution in [3.8, 4) is 11.5 Å². The van der Waals surface area contributed by atoms with E-state index in [0.717, 1.165) is 25.7 Å². The molecule has 0 atom stereocenters. The third-order valence-corrected chi connectivity index (χ3v) is 4.21. The first kappa shape index (κ1) is 21.0. The van der Waals surface area contributed by atoms with Crippen molar-refractivity contribution in [2.45, 2.75) is 52.9 Å². The molecule has 1 amide bonds. The van der Waals surface area contributed by atoms with Crippen LogP contribution in [-0.2, 0) is 4.79 Å². The number of carbonyl (C=O) groups is 2. The topological polar surface area (TPSA) is 55.8 Å². The van der Waals surface area contributed by atoms with Crippen LogP contribution in [0.4, 0.5) is 0 Å². The molecule has 0 bridgehead atoms. The van der Waals surface area contributed by atoms with Crippen LogP contribution < -0.4 is 9.47 Å². The van der Waals surface area contributed by atoms with Crippen LogP contribution in [0.15, 0.2) is 18.2 Å². The summed E-state index contributed by atoms with van der Waals surface area (Å²) >= 11 is 0. The SMILES string of the molecule is CCCCCCC(=O)c1ccc(OCC(=O)N(CC)CC)c(OC)c1. The van der Waals surface area contributed by atoms with Gasteiger partial charge in [0.15, 0.2) is 23.9 Å². The fourth-order valence-corrected chi connectivity index (χ4v) is 2.62. The van der Waals surface area contributed by atoms with Crippen LogP contribution in [-0.4, -0.2) is 43.4 Å². The highest BCUT2D eigenvalue weighted by Gasteiger charge is 2.14. The summed E-state index contributed by atoms with van der Waals surface area (Å²) in [6.45, 7) is 7.28. The summed E-state index contributed by atoms with van der Waals surface area (Å²) < 4.78 is 10.9. The van der Waals surface area contributed by atoms with Crippen molar-refractivity contribution in [2.24, 2.45) is 0 Å². The number of likely N-dealkylation sites (N-methyl/N-ethyl adjacent to an activating group) is 1.